The molecule has 0 aromatic heterocycles. The third-order valence-corrected chi connectivity index (χ3v) is 2.57. The summed E-state index contributed by atoms with van der Waals surface area (Å²) in [4.78, 5) is 20.9. The molecule has 1 rings (SSSR count). The van der Waals surface area contributed by atoms with E-state index in [1.807, 2.05) is 0 Å². The van der Waals surface area contributed by atoms with Crippen LogP contribution < -0.4 is 0 Å². The fourth-order valence-electron chi connectivity index (χ4n) is 1.29. The van der Waals surface area contributed by atoms with Gasteiger partial charge in [0.1, 0.15) is 11.1 Å². The number of nitro benzene ring substituents is 1. The molecule has 1 aromatic carbocycles. The standard InChI is InChI=1S/C10H10ClNO6/c1-18-10(15)9(14)8(13)5-2-3-6(11)7(4-5)12(16)17/h2-4,8-9,13-14H,1H3. The Bertz CT molecular complexity index is 477. The third-order valence-electron chi connectivity index (χ3n) is 2.25. The van der Waals surface area contributed by atoms with Crippen LogP contribution in [0.3, 0.4) is 0 Å². The van der Waals surface area contributed by atoms with Gasteiger partial charge in [0, 0.05) is 6.07 Å². The maximum atomic E-state index is 11.0. The van der Waals surface area contributed by atoms with Gasteiger partial charge in [0.25, 0.3) is 5.69 Å². The number of halogens is 1. The van der Waals surface area contributed by atoms with E-state index in [0.29, 0.717) is 0 Å². The lowest BCUT2D eigenvalue weighted by Crippen LogP contribution is -2.29. The van der Waals surface area contributed by atoms with Gasteiger partial charge in [-0.3, -0.25) is 10.1 Å². The number of hydrogen-bond acceptors (Lipinski definition) is 6. The molecule has 2 unspecified atom stereocenters. The van der Waals surface area contributed by atoms with Crippen LogP contribution in [0.15, 0.2) is 18.2 Å². The van der Waals surface area contributed by atoms with Crippen LogP contribution in [0.25, 0.3) is 0 Å². The first kappa shape index (κ1) is 14.4. The zero-order chi connectivity index (χ0) is 13.9. The highest BCUT2D eigenvalue weighted by molar-refractivity contribution is 6.32. The van der Waals surface area contributed by atoms with Crippen molar-refractivity contribution < 1.29 is 24.7 Å². The summed E-state index contributed by atoms with van der Waals surface area (Å²) in [7, 11) is 1.04. The summed E-state index contributed by atoms with van der Waals surface area (Å²) in [5, 5.41) is 29.6. The largest absolute Gasteiger partial charge is 0.467 e. The number of benzene rings is 1. The second-order valence-corrected chi connectivity index (χ2v) is 3.79. The van der Waals surface area contributed by atoms with E-state index < -0.39 is 28.8 Å². The first-order valence-corrected chi connectivity index (χ1v) is 5.14. The second-order valence-electron chi connectivity index (χ2n) is 3.38. The van der Waals surface area contributed by atoms with Crippen LogP contribution in [-0.4, -0.2) is 34.3 Å². The zero-order valence-electron chi connectivity index (χ0n) is 9.24. The molecule has 2 atom stereocenters. The van der Waals surface area contributed by atoms with E-state index in [-0.39, 0.29) is 10.6 Å². The number of rotatable bonds is 4. The summed E-state index contributed by atoms with van der Waals surface area (Å²) >= 11 is 5.59. The van der Waals surface area contributed by atoms with Crippen LogP contribution in [0.1, 0.15) is 11.7 Å². The summed E-state index contributed by atoms with van der Waals surface area (Å²) in [6.45, 7) is 0. The minimum absolute atomic E-state index is 0.0102. The van der Waals surface area contributed by atoms with Gasteiger partial charge in [0.15, 0.2) is 6.10 Å². The van der Waals surface area contributed by atoms with Gasteiger partial charge in [0.05, 0.1) is 12.0 Å². The topological polar surface area (TPSA) is 110 Å². The van der Waals surface area contributed by atoms with Gasteiger partial charge >= 0.3 is 5.97 Å². The summed E-state index contributed by atoms with van der Waals surface area (Å²) < 4.78 is 4.25. The highest BCUT2D eigenvalue weighted by atomic mass is 35.5. The molecule has 98 valence electrons. The summed E-state index contributed by atoms with van der Waals surface area (Å²) in [5.41, 5.74) is -0.436. The molecule has 1 aromatic rings. The van der Waals surface area contributed by atoms with Crippen molar-refractivity contribution >= 4 is 23.3 Å². The van der Waals surface area contributed by atoms with E-state index >= 15 is 0 Å². The number of carbonyl (C=O) groups is 1. The van der Waals surface area contributed by atoms with Crippen LogP contribution in [0.2, 0.25) is 5.02 Å². The Labute approximate surface area is 107 Å². The van der Waals surface area contributed by atoms with Gasteiger partial charge in [0.2, 0.25) is 0 Å². The molecule has 0 bridgehead atoms. The van der Waals surface area contributed by atoms with Crippen molar-refractivity contribution in [2.75, 3.05) is 7.11 Å². The molecular formula is C10H10ClNO6. The van der Waals surface area contributed by atoms with E-state index in [2.05, 4.69) is 4.74 Å². The summed E-state index contributed by atoms with van der Waals surface area (Å²) in [6, 6.07) is 3.45. The van der Waals surface area contributed by atoms with Crippen molar-refractivity contribution in [2.45, 2.75) is 12.2 Å². The van der Waals surface area contributed by atoms with Gasteiger partial charge in [-0.1, -0.05) is 17.7 Å². The molecular weight excluding hydrogens is 266 g/mol. The Morgan fingerprint density at radius 1 is 1.50 bits per heavy atom. The normalized spacial score (nSPS) is 13.8. The maximum absolute atomic E-state index is 11.0. The molecule has 2 N–H and O–H groups in total. The summed E-state index contributed by atoms with van der Waals surface area (Å²) in [5.74, 6) is -1.04. The summed E-state index contributed by atoms with van der Waals surface area (Å²) in [6.07, 6.45) is -3.45. The SMILES string of the molecule is COC(=O)C(O)C(O)c1ccc(Cl)c([N+](=O)[O-])c1. The number of aliphatic hydroxyl groups is 2. The quantitative estimate of drug-likeness (QED) is 0.478. The van der Waals surface area contributed by atoms with Crippen LogP contribution in [0.5, 0.6) is 0 Å². The molecule has 0 radical (unpaired) electrons. The number of nitrogens with zero attached hydrogens (tertiary/aromatic N) is 1. The monoisotopic (exact) mass is 275 g/mol. The maximum Gasteiger partial charge on any atom is 0.337 e. The van der Waals surface area contributed by atoms with E-state index in [1.54, 1.807) is 0 Å². The fraction of sp³-hybridized carbons (Fsp3) is 0.300. The van der Waals surface area contributed by atoms with Gasteiger partial charge < -0.3 is 14.9 Å². The molecule has 0 saturated heterocycles. The van der Waals surface area contributed by atoms with Crippen molar-refractivity contribution in [3.05, 3.63) is 38.9 Å². The zero-order valence-corrected chi connectivity index (χ0v) is 10.00. The lowest BCUT2D eigenvalue weighted by molar-refractivity contribution is -0.384. The first-order chi connectivity index (χ1) is 8.38. The van der Waals surface area contributed by atoms with Crippen molar-refractivity contribution in [3.8, 4) is 0 Å². The van der Waals surface area contributed by atoms with E-state index in [4.69, 9.17) is 11.6 Å². The van der Waals surface area contributed by atoms with Crippen molar-refractivity contribution in [3.63, 3.8) is 0 Å². The molecule has 0 spiro atoms. The Morgan fingerprint density at radius 2 is 2.11 bits per heavy atom. The van der Waals surface area contributed by atoms with Crippen molar-refractivity contribution in [1.29, 1.82) is 0 Å². The molecule has 0 aliphatic carbocycles. The minimum atomic E-state index is -1.82. The Hall–Kier alpha value is -1.70. The Kier molecular flexibility index (Phi) is 4.60. The van der Waals surface area contributed by atoms with Gasteiger partial charge in [-0.15, -0.1) is 0 Å². The number of carbonyl (C=O) groups excluding carboxylic acids is 1. The van der Waals surface area contributed by atoms with Crippen LogP contribution in [0.4, 0.5) is 5.69 Å². The molecule has 0 amide bonds. The number of aliphatic hydroxyl groups excluding tert-OH is 2. The highest BCUT2D eigenvalue weighted by Gasteiger charge is 2.28. The first-order valence-electron chi connectivity index (χ1n) is 4.76. The van der Waals surface area contributed by atoms with Gasteiger partial charge in [-0.05, 0) is 11.6 Å². The molecule has 0 saturated carbocycles. The Balaban J connectivity index is 3.07. The van der Waals surface area contributed by atoms with Crippen molar-refractivity contribution in [1.82, 2.24) is 0 Å². The highest BCUT2D eigenvalue weighted by Crippen LogP contribution is 2.29. The predicted octanol–water partition coefficient (Wildman–Crippen LogP) is 0.815. The third kappa shape index (κ3) is 2.95. The molecule has 0 aliphatic rings. The average molecular weight is 276 g/mol. The molecule has 0 aliphatic heterocycles. The fourth-order valence-corrected chi connectivity index (χ4v) is 1.47. The van der Waals surface area contributed by atoms with E-state index in [0.717, 1.165) is 13.2 Å². The minimum Gasteiger partial charge on any atom is -0.467 e. The average Bonchev–Trinajstić information content (AvgIpc) is 2.36. The van der Waals surface area contributed by atoms with Gasteiger partial charge in [-0.25, -0.2) is 4.79 Å². The number of methoxy groups -OCH3 is 1. The Morgan fingerprint density at radius 3 is 2.61 bits per heavy atom. The lowest BCUT2D eigenvalue weighted by atomic mass is 10.0. The second kappa shape index (κ2) is 5.76. The predicted molar refractivity (Wildman–Crippen MR) is 61.1 cm³/mol. The number of nitro groups is 1. The lowest BCUT2D eigenvalue weighted by Gasteiger charge is -2.15. The van der Waals surface area contributed by atoms with Crippen LogP contribution >= 0.6 is 11.6 Å². The number of ether oxygens (including phenoxy) is 1. The molecule has 0 fully saturated rings. The number of esters is 1. The van der Waals surface area contributed by atoms with Crippen LogP contribution in [-0.2, 0) is 9.53 Å². The number of hydrogen-bond donors (Lipinski definition) is 2. The smallest absolute Gasteiger partial charge is 0.337 e. The molecule has 0 heterocycles. The van der Waals surface area contributed by atoms with Crippen molar-refractivity contribution in [2.24, 2.45) is 0 Å². The molecule has 7 nitrogen and oxygen atoms in total. The molecule has 18 heavy (non-hydrogen) atoms. The van der Waals surface area contributed by atoms with Crippen LogP contribution in [0, 0.1) is 10.1 Å². The van der Waals surface area contributed by atoms with E-state index in [9.17, 15) is 25.1 Å². The van der Waals surface area contributed by atoms with Gasteiger partial charge in [-0.2, -0.15) is 0 Å². The van der Waals surface area contributed by atoms with E-state index in [1.165, 1.54) is 12.1 Å². The molecule has 8 heteroatoms.